The summed E-state index contributed by atoms with van der Waals surface area (Å²) in [5, 5.41) is 13.3. The van der Waals surface area contributed by atoms with Crippen molar-refractivity contribution in [2.45, 2.75) is 88.8 Å². The third kappa shape index (κ3) is 8.91. The van der Waals surface area contributed by atoms with Crippen molar-refractivity contribution in [2.75, 3.05) is 13.2 Å². The molecule has 1 heterocycles. The van der Waals surface area contributed by atoms with E-state index in [0.29, 0.717) is 32.2 Å². The van der Waals surface area contributed by atoms with E-state index < -0.39 is 11.5 Å². The number of amides is 2. The Hall–Kier alpha value is -3.71. The van der Waals surface area contributed by atoms with E-state index in [1.54, 1.807) is 11.0 Å². The molecule has 0 bridgehead atoms. The molecule has 2 aliphatic rings. The number of hydrogen-bond donors (Lipinski definition) is 2. The second kappa shape index (κ2) is 16.4. The quantitative estimate of drug-likeness (QED) is 0.146. The summed E-state index contributed by atoms with van der Waals surface area (Å²) < 4.78 is 5.97. The van der Waals surface area contributed by atoms with Crippen LogP contribution in [-0.2, 0) is 38.5 Å². The highest BCUT2D eigenvalue weighted by Gasteiger charge is 2.40. The number of rotatable bonds is 16. The molecule has 1 saturated carbocycles. The first-order valence-corrected chi connectivity index (χ1v) is 16.1. The van der Waals surface area contributed by atoms with Crippen LogP contribution in [0.1, 0.15) is 74.5 Å². The van der Waals surface area contributed by atoms with Gasteiger partial charge in [-0.1, -0.05) is 79.6 Å². The smallest absolute Gasteiger partial charge is 0.309 e. The van der Waals surface area contributed by atoms with Gasteiger partial charge in [0.2, 0.25) is 11.8 Å². The van der Waals surface area contributed by atoms with Crippen LogP contribution in [0.2, 0.25) is 0 Å². The van der Waals surface area contributed by atoms with E-state index in [1.807, 2.05) is 60.7 Å². The zero-order valence-corrected chi connectivity index (χ0v) is 25.9. The largest absolute Gasteiger partial charge is 0.463 e. The van der Waals surface area contributed by atoms with Gasteiger partial charge in [-0.15, -0.1) is 13.2 Å². The van der Waals surface area contributed by atoms with Gasteiger partial charge >= 0.3 is 5.97 Å². The standard InChI is InChI=1S/C37H48N2O5/c1-3-5-7-18-31(22-28-15-8-6-9-16-28)36(43)44-27-37(20-12-13-21-37)38-35(42)30(14-4-2)24-34(41)39-25-32-19-11-10-17-29(32)23-33(39)26-40/h3-4,6,8-11,15-17,19,30-31,33,40H,1-2,5,7,12-14,18,20-27H2,(H,38,42)/t30-,31-,33+/m1/s1. The number of hydrogen-bond acceptors (Lipinski definition) is 5. The van der Waals surface area contributed by atoms with Crippen molar-refractivity contribution in [1.29, 1.82) is 0 Å². The maximum absolute atomic E-state index is 13.7. The van der Waals surface area contributed by atoms with E-state index in [1.165, 1.54) is 0 Å². The molecule has 1 aliphatic heterocycles. The van der Waals surface area contributed by atoms with E-state index in [4.69, 9.17) is 4.74 Å². The van der Waals surface area contributed by atoms with Crippen LogP contribution in [-0.4, -0.2) is 52.6 Å². The van der Waals surface area contributed by atoms with Gasteiger partial charge in [0.05, 0.1) is 30.0 Å². The van der Waals surface area contributed by atoms with Gasteiger partial charge < -0.3 is 20.1 Å². The number of aliphatic hydroxyl groups excluding tert-OH is 1. The molecular formula is C37H48N2O5. The minimum absolute atomic E-state index is 0.0227. The second-order valence-electron chi connectivity index (χ2n) is 12.4. The summed E-state index contributed by atoms with van der Waals surface area (Å²) in [6.07, 6.45) is 10.8. The van der Waals surface area contributed by atoms with Crippen molar-refractivity contribution in [3.8, 4) is 0 Å². The Balaban J connectivity index is 1.40. The molecule has 7 nitrogen and oxygen atoms in total. The third-order valence-electron chi connectivity index (χ3n) is 9.19. The Kier molecular flexibility index (Phi) is 12.4. The van der Waals surface area contributed by atoms with Crippen LogP contribution in [0.3, 0.4) is 0 Å². The number of benzene rings is 2. The Labute approximate surface area is 262 Å². The number of carbonyl (C=O) groups is 3. The van der Waals surface area contributed by atoms with Crippen molar-refractivity contribution in [3.05, 3.63) is 96.6 Å². The number of ether oxygens (including phenoxy) is 1. The summed E-state index contributed by atoms with van der Waals surface area (Å²) in [7, 11) is 0. The molecule has 2 amide bonds. The highest BCUT2D eigenvalue weighted by molar-refractivity contribution is 5.86. The molecule has 44 heavy (non-hydrogen) atoms. The number of unbranched alkanes of at least 4 members (excludes halogenated alkanes) is 1. The summed E-state index contributed by atoms with van der Waals surface area (Å²) in [6, 6.07) is 17.6. The number of fused-ring (bicyclic) bond motifs is 1. The van der Waals surface area contributed by atoms with Crippen molar-refractivity contribution < 1.29 is 24.2 Å². The summed E-state index contributed by atoms with van der Waals surface area (Å²) >= 11 is 0. The lowest BCUT2D eigenvalue weighted by molar-refractivity contribution is -0.152. The molecule has 236 valence electrons. The van der Waals surface area contributed by atoms with Crippen molar-refractivity contribution in [3.63, 3.8) is 0 Å². The second-order valence-corrected chi connectivity index (χ2v) is 12.4. The fourth-order valence-electron chi connectivity index (χ4n) is 6.61. The summed E-state index contributed by atoms with van der Waals surface area (Å²) in [4.78, 5) is 42.4. The summed E-state index contributed by atoms with van der Waals surface area (Å²) in [5.41, 5.74) is 2.65. The molecule has 0 spiro atoms. The first-order chi connectivity index (χ1) is 21.4. The van der Waals surface area contributed by atoms with Gasteiger partial charge in [0, 0.05) is 13.0 Å². The van der Waals surface area contributed by atoms with Gasteiger partial charge in [0.1, 0.15) is 6.61 Å². The van der Waals surface area contributed by atoms with Crippen molar-refractivity contribution >= 4 is 17.8 Å². The molecular weight excluding hydrogens is 552 g/mol. The average Bonchev–Trinajstić information content (AvgIpc) is 3.51. The molecule has 0 aromatic heterocycles. The Morgan fingerprint density at radius 1 is 1.00 bits per heavy atom. The Morgan fingerprint density at radius 3 is 2.39 bits per heavy atom. The molecule has 7 heteroatoms. The van der Waals surface area contributed by atoms with Crippen LogP contribution in [0.5, 0.6) is 0 Å². The topological polar surface area (TPSA) is 95.9 Å². The van der Waals surface area contributed by atoms with Crippen molar-refractivity contribution in [1.82, 2.24) is 10.2 Å². The SMILES string of the molecule is C=CCCC[C@H](Cc1ccccc1)C(=O)OCC1(NC(=O)[C@H](CC=C)CC(=O)N2Cc3ccccc3C[C@H]2CO)CCCC1. The minimum atomic E-state index is -0.647. The van der Waals surface area contributed by atoms with Crippen LogP contribution < -0.4 is 5.32 Å². The van der Waals surface area contributed by atoms with Gasteiger partial charge in [0.15, 0.2) is 0 Å². The van der Waals surface area contributed by atoms with Crippen LogP contribution in [0.25, 0.3) is 0 Å². The zero-order chi connectivity index (χ0) is 31.4. The molecule has 4 rings (SSSR count). The zero-order valence-electron chi connectivity index (χ0n) is 25.9. The molecule has 0 radical (unpaired) electrons. The van der Waals surface area contributed by atoms with Crippen LogP contribution in [0.15, 0.2) is 79.9 Å². The minimum Gasteiger partial charge on any atom is -0.463 e. The van der Waals surface area contributed by atoms with E-state index in [9.17, 15) is 19.5 Å². The van der Waals surface area contributed by atoms with Crippen LogP contribution in [0.4, 0.5) is 0 Å². The van der Waals surface area contributed by atoms with Crippen LogP contribution in [0, 0.1) is 11.8 Å². The molecule has 0 unspecified atom stereocenters. The summed E-state index contributed by atoms with van der Waals surface area (Å²) in [5.74, 6) is -1.49. The molecule has 0 saturated heterocycles. The van der Waals surface area contributed by atoms with E-state index in [2.05, 4.69) is 18.5 Å². The molecule has 2 aromatic carbocycles. The van der Waals surface area contributed by atoms with Crippen molar-refractivity contribution in [2.24, 2.45) is 11.8 Å². The maximum atomic E-state index is 13.7. The normalized spacial score (nSPS) is 18.5. The lowest BCUT2D eigenvalue weighted by Gasteiger charge is -2.37. The lowest BCUT2D eigenvalue weighted by atomic mass is 9.91. The predicted molar refractivity (Wildman–Crippen MR) is 172 cm³/mol. The van der Waals surface area contributed by atoms with Crippen LogP contribution >= 0.6 is 0 Å². The number of nitrogens with zero attached hydrogens (tertiary/aromatic N) is 1. The molecule has 1 aliphatic carbocycles. The fraction of sp³-hybridized carbons (Fsp3) is 0.486. The molecule has 2 aromatic rings. The molecule has 1 fully saturated rings. The van der Waals surface area contributed by atoms with E-state index >= 15 is 0 Å². The monoisotopic (exact) mass is 600 g/mol. The van der Waals surface area contributed by atoms with Gasteiger partial charge in [-0.2, -0.15) is 0 Å². The fourth-order valence-corrected chi connectivity index (χ4v) is 6.61. The number of esters is 1. The van der Waals surface area contributed by atoms with Gasteiger partial charge in [-0.3, -0.25) is 14.4 Å². The predicted octanol–water partition coefficient (Wildman–Crippen LogP) is 5.70. The first-order valence-electron chi connectivity index (χ1n) is 16.1. The first kappa shape index (κ1) is 33.2. The van der Waals surface area contributed by atoms with Gasteiger partial charge in [-0.25, -0.2) is 0 Å². The summed E-state index contributed by atoms with van der Waals surface area (Å²) in [6.45, 7) is 8.04. The third-order valence-corrected chi connectivity index (χ3v) is 9.19. The Bertz CT molecular complexity index is 1270. The maximum Gasteiger partial charge on any atom is 0.309 e. The van der Waals surface area contributed by atoms with E-state index in [-0.39, 0.29) is 49.4 Å². The molecule has 3 atom stereocenters. The Morgan fingerprint density at radius 2 is 1.70 bits per heavy atom. The van der Waals surface area contributed by atoms with E-state index in [0.717, 1.165) is 55.2 Å². The highest BCUT2D eigenvalue weighted by Crippen LogP contribution is 2.32. The number of allylic oxidation sites excluding steroid dienone is 2. The van der Waals surface area contributed by atoms with Gasteiger partial charge in [-0.05, 0) is 68.1 Å². The average molecular weight is 601 g/mol. The number of aliphatic hydroxyl groups is 1. The molecule has 2 N–H and O–H groups in total. The highest BCUT2D eigenvalue weighted by atomic mass is 16.5. The number of nitrogens with one attached hydrogen (secondary N) is 1. The lowest BCUT2D eigenvalue weighted by Crippen LogP contribution is -2.53. The number of carbonyl (C=O) groups excluding carboxylic acids is 3. The van der Waals surface area contributed by atoms with Gasteiger partial charge in [0.25, 0.3) is 0 Å².